The normalized spacial score (nSPS) is 12.6. The summed E-state index contributed by atoms with van der Waals surface area (Å²) >= 11 is 0. The molecule has 3 rings (SSSR count). The number of imidazole rings is 1. The molecular weight excluding hydrogens is 296 g/mol. The Morgan fingerprint density at radius 2 is 1.95 bits per heavy atom. The maximum Gasteiger partial charge on any atom is 0.137 e. The summed E-state index contributed by atoms with van der Waals surface area (Å²) in [5, 5.41) is 0. The van der Waals surface area contributed by atoms with Gasteiger partial charge in [0.25, 0.3) is 0 Å². The summed E-state index contributed by atoms with van der Waals surface area (Å²) in [5.74, 6) is 0.421. The number of benzene rings is 1. The Morgan fingerprint density at radius 3 is 2.64 bits per heavy atom. The fraction of sp³-hybridized carbons (Fsp3) is 0.235. The molecule has 3 aromatic rings. The van der Waals surface area contributed by atoms with Gasteiger partial charge in [-0.25, -0.2) is 4.98 Å². The molecule has 0 unspecified atom stereocenters. The molecular formula is C17H18N2O2S. The van der Waals surface area contributed by atoms with Crippen LogP contribution in [0.1, 0.15) is 17.0 Å². The highest BCUT2D eigenvalue weighted by Gasteiger charge is 2.09. The zero-order valence-electron chi connectivity index (χ0n) is 12.7. The van der Waals surface area contributed by atoms with Gasteiger partial charge < -0.3 is 9.14 Å². The second kappa shape index (κ2) is 6.42. The van der Waals surface area contributed by atoms with Crippen LogP contribution in [0.3, 0.4) is 0 Å². The van der Waals surface area contributed by atoms with Gasteiger partial charge in [-0.15, -0.1) is 0 Å². The fourth-order valence-corrected chi connectivity index (χ4v) is 3.40. The molecule has 2 heterocycles. The van der Waals surface area contributed by atoms with Crippen molar-refractivity contribution in [1.82, 2.24) is 9.38 Å². The number of pyridine rings is 1. The monoisotopic (exact) mass is 314 g/mol. The van der Waals surface area contributed by atoms with E-state index in [4.69, 9.17) is 4.74 Å². The van der Waals surface area contributed by atoms with E-state index in [-0.39, 0.29) is 0 Å². The van der Waals surface area contributed by atoms with Crippen LogP contribution in [0.5, 0.6) is 0 Å². The number of rotatable bonds is 5. The average Bonchev–Trinajstić information content (AvgIpc) is 2.92. The molecule has 4 nitrogen and oxygen atoms in total. The fourth-order valence-electron chi connectivity index (χ4n) is 2.39. The third-order valence-corrected chi connectivity index (χ3v) is 4.88. The minimum absolute atomic E-state index is 0.421. The topological polar surface area (TPSA) is 43.6 Å². The molecule has 0 aliphatic carbocycles. The molecule has 1 aromatic carbocycles. The predicted octanol–water partition coefficient (Wildman–Crippen LogP) is 3.10. The second-order valence-electron chi connectivity index (χ2n) is 5.19. The van der Waals surface area contributed by atoms with Gasteiger partial charge in [0.15, 0.2) is 0 Å². The van der Waals surface area contributed by atoms with Crippen molar-refractivity contribution in [2.45, 2.75) is 24.2 Å². The van der Waals surface area contributed by atoms with E-state index in [0.29, 0.717) is 12.4 Å². The summed E-state index contributed by atoms with van der Waals surface area (Å²) < 4.78 is 19.6. The summed E-state index contributed by atoms with van der Waals surface area (Å²) in [6, 6.07) is 13.7. The molecule has 2 aromatic heterocycles. The molecule has 0 radical (unpaired) electrons. The van der Waals surface area contributed by atoms with Gasteiger partial charge in [-0.3, -0.25) is 4.21 Å². The zero-order valence-corrected chi connectivity index (χ0v) is 13.5. The molecule has 114 valence electrons. The molecule has 5 heteroatoms. The Labute approximate surface area is 132 Å². The van der Waals surface area contributed by atoms with Crippen LogP contribution in [0.4, 0.5) is 0 Å². The van der Waals surface area contributed by atoms with Crippen LogP contribution in [0, 0.1) is 6.92 Å². The molecule has 0 aliphatic heterocycles. The van der Waals surface area contributed by atoms with Crippen molar-refractivity contribution in [1.29, 1.82) is 0 Å². The number of hydrogen-bond donors (Lipinski definition) is 0. The maximum atomic E-state index is 12.5. The Bertz CT molecular complexity index is 809. The second-order valence-corrected chi connectivity index (χ2v) is 6.65. The Hall–Kier alpha value is -1.98. The Balaban J connectivity index is 1.79. The zero-order chi connectivity index (χ0) is 15.5. The number of aromatic nitrogens is 2. The van der Waals surface area contributed by atoms with E-state index in [9.17, 15) is 4.21 Å². The van der Waals surface area contributed by atoms with Crippen molar-refractivity contribution in [2.24, 2.45) is 0 Å². The van der Waals surface area contributed by atoms with Crippen molar-refractivity contribution in [2.75, 3.05) is 7.11 Å². The Kier molecular flexibility index (Phi) is 4.36. The molecule has 0 spiro atoms. The van der Waals surface area contributed by atoms with Crippen LogP contribution in [0.15, 0.2) is 53.6 Å². The van der Waals surface area contributed by atoms with Crippen LogP contribution < -0.4 is 0 Å². The number of aryl methyl sites for hydroxylation is 1. The lowest BCUT2D eigenvalue weighted by molar-refractivity contribution is 0.185. The highest BCUT2D eigenvalue weighted by Crippen LogP contribution is 2.15. The summed E-state index contributed by atoms with van der Waals surface area (Å²) in [4.78, 5) is 5.35. The lowest BCUT2D eigenvalue weighted by Crippen LogP contribution is -1.97. The first-order valence-electron chi connectivity index (χ1n) is 7.07. The van der Waals surface area contributed by atoms with E-state index in [1.807, 2.05) is 60.0 Å². The first kappa shape index (κ1) is 14.9. The third kappa shape index (κ3) is 3.10. The summed E-state index contributed by atoms with van der Waals surface area (Å²) in [7, 11) is 0.568. The van der Waals surface area contributed by atoms with E-state index < -0.39 is 10.8 Å². The largest absolute Gasteiger partial charge is 0.380 e. The van der Waals surface area contributed by atoms with Crippen LogP contribution in [-0.4, -0.2) is 20.7 Å². The average molecular weight is 314 g/mol. The van der Waals surface area contributed by atoms with Crippen LogP contribution >= 0.6 is 0 Å². The summed E-state index contributed by atoms with van der Waals surface area (Å²) in [5.41, 5.74) is 3.92. The van der Waals surface area contributed by atoms with Crippen molar-refractivity contribution in [3.05, 3.63) is 65.6 Å². The molecule has 0 saturated heterocycles. The van der Waals surface area contributed by atoms with Crippen molar-refractivity contribution < 1.29 is 8.95 Å². The number of nitrogens with zero attached hydrogens (tertiary/aromatic N) is 2. The number of hydrogen-bond acceptors (Lipinski definition) is 3. The molecule has 22 heavy (non-hydrogen) atoms. The highest BCUT2D eigenvalue weighted by atomic mass is 32.2. The van der Waals surface area contributed by atoms with Gasteiger partial charge in [0.1, 0.15) is 5.65 Å². The van der Waals surface area contributed by atoms with E-state index in [2.05, 4.69) is 4.98 Å². The van der Waals surface area contributed by atoms with Crippen molar-refractivity contribution in [3.8, 4) is 0 Å². The molecule has 0 amide bonds. The molecule has 0 fully saturated rings. The quantitative estimate of drug-likeness (QED) is 0.727. The number of methoxy groups -OCH3 is 1. The van der Waals surface area contributed by atoms with E-state index >= 15 is 0 Å². The predicted molar refractivity (Wildman–Crippen MR) is 87.2 cm³/mol. The summed E-state index contributed by atoms with van der Waals surface area (Å²) in [6.07, 6.45) is 1.96. The van der Waals surface area contributed by atoms with Gasteiger partial charge in [-0.2, -0.15) is 0 Å². The van der Waals surface area contributed by atoms with Crippen LogP contribution in [-0.2, 0) is 27.9 Å². The van der Waals surface area contributed by atoms with Crippen molar-refractivity contribution in [3.63, 3.8) is 0 Å². The van der Waals surface area contributed by atoms with Crippen LogP contribution in [0.2, 0.25) is 0 Å². The standard InChI is InChI=1S/C17H18N2O2S/c1-13-4-3-5-17-18-15(10-19(13)17)12-22(20)16-8-6-14(7-9-16)11-21-2/h3-10H,11-12H2,1-2H3/t22-/m1/s1. The number of ether oxygens (including phenoxy) is 1. The molecule has 0 N–H and O–H groups in total. The molecule has 0 bridgehead atoms. The van der Waals surface area contributed by atoms with Gasteiger partial charge in [0.05, 0.1) is 28.9 Å². The van der Waals surface area contributed by atoms with E-state index in [1.165, 1.54) is 0 Å². The minimum Gasteiger partial charge on any atom is -0.380 e. The lowest BCUT2D eigenvalue weighted by atomic mass is 10.2. The highest BCUT2D eigenvalue weighted by molar-refractivity contribution is 7.84. The van der Waals surface area contributed by atoms with E-state index in [1.54, 1.807) is 7.11 Å². The Morgan fingerprint density at radius 1 is 1.18 bits per heavy atom. The molecule has 0 aliphatic rings. The molecule has 0 saturated carbocycles. The minimum atomic E-state index is -1.10. The van der Waals surface area contributed by atoms with Gasteiger partial charge in [0, 0.05) is 23.9 Å². The SMILES string of the molecule is COCc1ccc([S@](=O)Cc2cn3c(C)cccc3n2)cc1. The van der Waals surface area contributed by atoms with Crippen LogP contribution in [0.25, 0.3) is 5.65 Å². The third-order valence-electron chi connectivity index (χ3n) is 3.52. The smallest absolute Gasteiger partial charge is 0.137 e. The first-order chi connectivity index (χ1) is 10.7. The maximum absolute atomic E-state index is 12.5. The van der Waals surface area contributed by atoms with Crippen molar-refractivity contribution >= 4 is 16.4 Å². The van der Waals surface area contributed by atoms with E-state index in [0.717, 1.165) is 27.5 Å². The molecule has 1 atom stereocenters. The van der Waals surface area contributed by atoms with Gasteiger partial charge >= 0.3 is 0 Å². The first-order valence-corrected chi connectivity index (χ1v) is 8.39. The van der Waals surface area contributed by atoms with Gasteiger partial charge in [-0.05, 0) is 36.8 Å². The lowest BCUT2D eigenvalue weighted by Gasteiger charge is -2.03. The summed E-state index contributed by atoms with van der Waals surface area (Å²) in [6.45, 7) is 2.60. The van der Waals surface area contributed by atoms with Gasteiger partial charge in [0.2, 0.25) is 0 Å². The number of fused-ring (bicyclic) bond motifs is 1. The van der Waals surface area contributed by atoms with Gasteiger partial charge in [-0.1, -0.05) is 18.2 Å².